The van der Waals surface area contributed by atoms with E-state index in [4.69, 9.17) is 4.74 Å². The van der Waals surface area contributed by atoms with Gasteiger partial charge in [-0.15, -0.1) is 0 Å². The van der Waals surface area contributed by atoms with Crippen molar-refractivity contribution < 1.29 is 27.9 Å². The summed E-state index contributed by atoms with van der Waals surface area (Å²) in [5.41, 5.74) is 0.239. The Bertz CT molecular complexity index is 886. The van der Waals surface area contributed by atoms with Gasteiger partial charge in [-0.25, -0.2) is 13.6 Å². The van der Waals surface area contributed by atoms with Crippen LogP contribution in [0.2, 0.25) is 0 Å². The van der Waals surface area contributed by atoms with Gasteiger partial charge < -0.3 is 14.5 Å². The quantitative estimate of drug-likeness (QED) is 0.691. The van der Waals surface area contributed by atoms with Crippen molar-refractivity contribution in [1.82, 2.24) is 10.2 Å². The molecule has 7 nitrogen and oxygen atoms in total. The van der Waals surface area contributed by atoms with Gasteiger partial charge in [0.25, 0.3) is 0 Å². The molecule has 0 aliphatic carbocycles. The van der Waals surface area contributed by atoms with Crippen LogP contribution in [-0.2, 0) is 14.3 Å². The molecule has 3 saturated heterocycles. The predicted octanol–water partition coefficient (Wildman–Crippen LogP) is 3.57. The van der Waals surface area contributed by atoms with E-state index in [9.17, 15) is 23.2 Å². The second-order valence-corrected chi connectivity index (χ2v) is 9.39. The maximum Gasteiger partial charge on any atom is 0.409 e. The Hall–Kier alpha value is -2.71. The Morgan fingerprint density at radius 1 is 1.00 bits per heavy atom. The van der Waals surface area contributed by atoms with Crippen LogP contribution in [-0.4, -0.2) is 56.1 Å². The Balaban J connectivity index is 1.31. The second kappa shape index (κ2) is 10.1. The number of likely N-dealkylation sites (tertiary alicyclic amines) is 1. The van der Waals surface area contributed by atoms with Crippen molar-refractivity contribution in [3.05, 3.63) is 29.3 Å². The molecule has 0 aromatic heterocycles. The number of halogens is 2. The normalized spacial score (nSPS) is 22.9. The average Bonchev–Trinajstić information content (AvgIpc) is 2.80. The lowest BCUT2D eigenvalue weighted by atomic mass is 9.82. The van der Waals surface area contributed by atoms with Gasteiger partial charge in [0.2, 0.25) is 11.8 Å². The fourth-order valence-corrected chi connectivity index (χ4v) is 5.43. The molecule has 9 heteroatoms. The summed E-state index contributed by atoms with van der Waals surface area (Å²) >= 11 is 0. The van der Waals surface area contributed by atoms with Gasteiger partial charge in [0.1, 0.15) is 11.6 Å². The lowest BCUT2D eigenvalue weighted by molar-refractivity contribution is -0.134. The Morgan fingerprint density at radius 2 is 1.58 bits per heavy atom. The number of hydrogen-bond donors (Lipinski definition) is 1. The lowest BCUT2D eigenvalue weighted by Gasteiger charge is -2.37. The van der Waals surface area contributed by atoms with Crippen molar-refractivity contribution in [2.45, 2.75) is 50.9 Å². The number of nitrogens with one attached hydrogen (secondary N) is 1. The molecule has 3 amide bonds. The fraction of sp³-hybridized carbons (Fsp3) is 0.625. The number of benzene rings is 1. The van der Waals surface area contributed by atoms with Gasteiger partial charge in [0.05, 0.1) is 13.0 Å². The molecule has 1 aromatic carbocycles. The largest absolute Gasteiger partial charge is 0.453 e. The van der Waals surface area contributed by atoms with Gasteiger partial charge in [0, 0.05) is 43.9 Å². The second-order valence-electron chi connectivity index (χ2n) is 9.39. The number of imide groups is 1. The Kier molecular flexibility index (Phi) is 7.14. The minimum absolute atomic E-state index is 0.0757. The smallest absolute Gasteiger partial charge is 0.409 e. The van der Waals surface area contributed by atoms with Crippen LogP contribution in [0.15, 0.2) is 12.1 Å². The number of rotatable bonds is 4. The first kappa shape index (κ1) is 23.4. The van der Waals surface area contributed by atoms with Crippen molar-refractivity contribution >= 4 is 23.6 Å². The monoisotopic (exact) mass is 463 g/mol. The van der Waals surface area contributed by atoms with E-state index in [1.807, 2.05) is 4.90 Å². The number of piperidine rings is 3. The third-order valence-corrected chi connectivity index (χ3v) is 7.35. The van der Waals surface area contributed by atoms with Crippen molar-refractivity contribution in [2.24, 2.45) is 11.8 Å². The Labute approximate surface area is 192 Å². The zero-order valence-electron chi connectivity index (χ0n) is 18.9. The first-order valence-corrected chi connectivity index (χ1v) is 11.8. The molecule has 0 saturated carbocycles. The summed E-state index contributed by atoms with van der Waals surface area (Å²) in [7, 11) is 1.41. The summed E-state index contributed by atoms with van der Waals surface area (Å²) in [6.45, 7) is 2.91. The van der Waals surface area contributed by atoms with Crippen LogP contribution >= 0.6 is 0 Å². The molecule has 1 atom stereocenters. The van der Waals surface area contributed by atoms with E-state index in [1.54, 1.807) is 4.90 Å². The summed E-state index contributed by atoms with van der Waals surface area (Å²) in [6, 6.07) is 2.62. The standard InChI is InChI=1S/C24H31F2N3O4/c1-33-24(32)29-10-6-16(7-11-29)12-15-4-8-28(9-5-15)17-13-19(25)22(20(26)14-17)18-2-3-21(30)27-23(18)31/h13-16,18H,2-12H2,1H3,(H,27,30,31). The minimum Gasteiger partial charge on any atom is -0.453 e. The molecular weight excluding hydrogens is 432 g/mol. The molecule has 0 spiro atoms. The highest BCUT2D eigenvalue weighted by Crippen LogP contribution is 2.35. The highest BCUT2D eigenvalue weighted by atomic mass is 19.1. The average molecular weight is 464 g/mol. The SMILES string of the molecule is COC(=O)N1CCC(CC2CCN(c3cc(F)c(C4CCC(=O)NC4=O)c(F)c3)CC2)CC1. The van der Waals surface area contributed by atoms with E-state index in [-0.39, 0.29) is 24.5 Å². The van der Waals surface area contributed by atoms with Crippen molar-refractivity contribution in [3.8, 4) is 0 Å². The Morgan fingerprint density at radius 3 is 2.12 bits per heavy atom. The molecule has 3 aliphatic rings. The van der Waals surface area contributed by atoms with Crippen LogP contribution in [0.1, 0.15) is 56.4 Å². The van der Waals surface area contributed by atoms with E-state index in [1.165, 1.54) is 19.2 Å². The van der Waals surface area contributed by atoms with Crippen LogP contribution in [0.5, 0.6) is 0 Å². The van der Waals surface area contributed by atoms with E-state index in [0.717, 1.165) is 58.3 Å². The van der Waals surface area contributed by atoms with Crippen molar-refractivity contribution in [3.63, 3.8) is 0 Å². The molecule has 33 heavy (non-hydrogen) atoms. The van der Waals surface area contributed by atoms with Crippen LogP contribution in [0.4, 0.5) is 19.3 Å². The van der Waals surface area contributed by atoms with Crippen LogP contribution in [0.3, 0.4) is 0 Å². The summed E-state index contributed by atoms with van der Waals surface area (Å²) in [4.78, 5) is 38.8. The predicted molar refractivity (Wildman–Crippen MR) is 118 cm³/mol. The van der Waals surface area contributed by atoms with E-state index < -0.39 is 29.4 Å². The maximum absolute atomic E-state index is 14.9. The zero-order chi connectivity index (χ0) is 23.5. The number of carbonyl (C=O) groups is 3. The first-order chi connectivity index (χ1) is 15.9. The first-order valence-electron chi connectivity index (χ1n) is 11.8. The minimum atomic E-state index is -0.979. The maximum atomic E-state index is 14.9. The highest BCUT2D eigenvalue weighted by molar-refractivity contribution is 6.01. The van der Waals surface area contributed by atoms with Gasteiger partial charge in [0.15, 0.2) is 0 Å². The third kappa shape index (κ3) is 5.28. The van der Waals surface area contributed by atoms with Gasteiger partial charge in [-0.3, -0.25) is 14.9 Å². The number of carbonyl (C=O) groups excluding carboxylic acids is 3. The molecule has 1 aromatic rings. The number of anilines is 1. The molecular formula is C24H31F2N3O4. The highest BCUT2D eigenvalue weighted by Gasteiger charge is 2.33. The summed E-state index contributed by atoms with van der Waals surface area (Å²) in [5.74, 6) is -2.36. The van der Waals surface area contributed by atoms with E-state index in [2.05, 4.69) is 5.32 Å². The van der Waals surface area contributed by atoms with Crippen molar-refractivity contribution in [2.75, 3.05) is 38.2 Å². The summed E-state index contributed by atoms with van der Waals surface area (Å²) in [5, 5.41) is 2.16. The molecule has 3 aliphatic heterocycles. The van der Waals surface area contributed by atoms with Crippen LogP contribution in [0, 0.1) is 23.5 Å². The molecule has 0 radical (unpaired) electrons. The van der Waals surface area contributed by atoms with Gasteiger partial charge in [-0.2, -0.15) is 0 Å². The molecule has 0 bridgehead atoms. The number of nitrogens with zero attached hydrogens (tertiary/aromatic N) is 2. The molecule has 3 heterocycles. The van der Waals surface area contributed by atoms with E-state index in [0.29, 0.717) is 17.5 Å². The lowest BCUT2D eigenvalue weighted by Crippen LogP contribution is -2.40. The zero-order valence-corrected chi connectivity index (χ0v) is 18.9. The number of methoxy groups -OCH3 is 1. The van der Waals surface area contributed by atoms with Crippen LogP contribution in [0.25, 0.3) is 0 Å². The van der Waals surface area contributed by atoms with Gasteiger partial charge in [-0.1, -0.05) is 0 Å². The molecule has 3 fully saturated rings. The number of amides is 3. The molecule has 180 valence electrons. The fourth-order valence-electron chi connectivity index (χ4n) is 5.43. The molecule has 4 rings (SSSR count). The number of hydrogen-bond acceptors (Lipinski definition) is 5. The van der Waals surface area contributed by atoms with Gasteiger partial charge in [-0.05, 0) is 62.5 Å². The van der Waals surface area contributed by atoms with E-state index >= 15 is 0 Å². The topological polar surface area (TPSA) is 79.0 Å². The number of ether oxygens (including phenoxy) is 1. The molecule has 1 N–H and O–H groups in total. The van der Waals surface area contributed by atoms with Crippen LogP contribution < -0.4 is 10.2 Å². The summed E-state index contributed by atoms with van der Waals surface area (Å²) < 4.78 is 34.5. The van der Waals surface area contributed by atoms with Gasteiger partial charge >= 0.3 is 6.09 Å². The van der Waals surface area contributed by atoms with Crippen molar-refractivity contribution in [1.29, 1.82) is 0 Å². The molecule has 1 unspecified atom stereocenters. The summed E-state index contributed by atoms with van der Waals surface area (Å²) in [6.07, 6.45) is 4.91. The third-order valence-electron chi connectivity index (χ3n) is 7.35.